The first-order valence-electron chi connectivity index (χ1n) is 48.8. The molecule has 0 bridgehead atoms. The van der Waals surface area contributed by atoms with Crippen LogP contribution in [-0.4, -0.2) is 445 Å². The molecule has 0 aliphatic carbocycles. The van der Waals surface area contributed by atoms with Gasteiger partial charge in [-0.3, -0.25) is 111 Å². The number of rotatable bonds is 60. The van der Waals surface area contributed by atoms with Crippen LogP contribution in [0.1, 0.15) is 158 Å². The van der Waals surface area contributed by atoms with Crippen molar-refractivity contribution >= 4 is 136 Å². The summed E-state index contributed by atoms with van der Waals surface area (Å²) in [6, 6.07) is -27.4. The van der Waals surface area contributed by atoms with Gasteiger partial charge in [0.1, 0.15) is 109 Å². The largest absolute Gasteiger partial charge is 0.481 e. The van der Waals surface area contributed by atoms with Crippen LogP contribution in [0.4, 0.5) is 0 Å². The number of imidazole rings is 1. The maximum absolute atomic E-state index is 14.8. The van der Waals surface area contributed by atoms with Gasteiger partial charge < -0.3 is 176 Å². The fourth-order valence-electron chi connectivity index (χ4n) is 16.9. The molecular weight excluding hydrogens is 1950 g/mol. The average Bonchev–Trinajstić information content (AvgIpc) is 1.67. The molecule has 58 heteroatoms. The number of aromatic nitrogens is 2. The summed E-state index contributed by atoms with van der Waals surface area (Å²) in [6.07, 6.45) is -2.33. The van der Waals surface area contributed by atoms with Gasteiger partial charge in [-0.05, 0) is 131 Å². The van der Waals surface area contributed by atoms with Crippen LogP contribution < -0.4 is 96.5 Å². The molecule has 58 nitrogen and oxygen atoms in total. The highest BCUT2D eigenvalue weighted by molar-refractivity contribution is 6.03. The number of nitrogens with one attached hydrogen (secondary N) is 18. The van der Waals surface area contributed by atoms with E-state index in [1.807, 2.05) is 0 Å². The third-order valence-electron chi connectivity index (χ3n) is 24.8. The van der Waals surface area contributed by atoms with Crippen molar-refractivity contribution in [3.05, 3.63) is 18.2 Å². The topological polar surface area (TPSA) is 858 Å². The van der Waals surface area contributed by atoms with Gasteiger partial charge in [0.2, 0.25) is 118 Å². The zero-order valence-corrected chi connectivity index (χ0v) is 83.7. The number of aliphatic carboxylic acids is 2. The number of carbonyl (C=O) groups is 22. The molecule has 0 saturated carbocycles. The number of H-pyrrole nitrogens is 1. The highest BCUT2D eigenvalue weighted by Crippen LogP contribution is 2.28. The lowest BCUT2D eigenvalue weighted by Crippen LogP contribution is -2.62. The first-order chi connectivity index (χ1) is 69.5. The molecule has 5 fully saturated rings. The molecule has 1 aromatic heterocycles. The van der Waals surface area contributed by atoms with Crippen LogP contribution in [-0.2, 0) is 126 Å². The molecule has 0 unspecified atom stereocenters. The van der Waals surface area contributed by atoms with Crippen molar-refractivity contribution in [2.45, 2.75) is 286 Å². The predicted octanol–water partition coefficient (Wildman–Crippen LogP) is -13.5. The molecule has 5 aliphatic rings. The minimum Gasteiger partial charge on any atom is -0.481 e. The summed E-state index contributed by atoms with van der Waals surface area (Å²) in [5, 5.41) is 118. The quantitative estimate of drug-likeness (QED) is 0.0164. The number of hydrogen-bond donors (Lipinski definition) is 27. The number of aromatic amines is 1. The lowest BCUT2D eigenvalue weighted by atomic mass is 10.0. The number of amides is 20. The van der Waals surface area contributed by atoms with Crippen molar-refractivity contribution in [2.75, 3.05) is 112 Å². The number of carboxylic acid groups (broad SMARTS) is 2. The Bertz CT molecular complexity index is 4740. The minimum absolute atomic E-state index is 0.00303. The van der Waals surface area contributed by atoms with Crippen molar-refractivity contribution in [2.24, 2.45) is 17.4 Å². The normalized spacial score (nSPS) is 19.7. The molecule has 0 spiro atoms. The molecule has 5 saturated heterocycles. The van der Waals surface area contributed by atoms with Crippen LogP contribution in [0, 0.1) is 11.3 Å². The molecule has 21 atom stereocenters. The smallest absolute Gasteiger partial charge is 0.325 e. The maximum Gasteiger partial charge on any atom is 0.325 e. The van der Waals surface area contributed by atoms with E-state index < -0.39 is 302 Å². The summed E-state index contributed by atoms with van der Waals surface area (Å²) < 4.78 is 16.1. The third kappa shape index (κ3) is 37.7. The molecule has 6 rings (SSSR count). The number of aliphatic hydroxyl groups excluding tert-OH is 5. The zero-order valence-electron chi connectivity index (χ0n) is 83.7. The molecule has 0 radical (unpaired) electrons. The van der Waals surface area contributed by atoms with Gasteiger partial charge in [-0.25, -0.2) is 4.98 Å². The molecule has 29 N–H and O–H groups in total. The van der Waals surface area contributed by atoms with E-state index in [1.54, 1.807) is 0 Å². The van der Waals surface area contributed by atoms with Crippen LogP contribution in [0.15, 0.2) is 12.5 Å². The van der Waals surface area contributed by atoms with Crippen molar-refractivity contribution in [1.82, 2.24) is 120 Å². The maximum atomic E-state index is 14.8. The first-order valence-corrected chi connectivity index (χ1v) is 48.8. The Labute approximate surface area is 846 Å². The van der Waals surface area contributed by atoms with Gasteiger partial charge in [0.25, 0.3) is 0 Å². The zero-order chi connectivity index (χ0) is 109. The van der Waals surface area contributed by atoms with E-state index in [-0.39, 0.29) is 136 Å². The van der Waals surface area contributed by atoms with Crippen molar-refractivity contribution in [3.63, 3.8) is 0 Å². The standard InChI is InChI=1S/C89H144N26O32/c1-44(2)67(107-65(123)40-95-71(126)54(36-52-38-93-43-97-52)102-63(121)22-30-145-32-34-147-35-33-146-31-23-90)79(134)110-70(51(9)120)82(137)106-57(42-117)73(128)98-45(3)83(138)112-26-12-20-61(112)78(133)105-55(37-66(124)125)72(127)108-69(50(8)119)81(136)104-53(16-10-24-94-89(91)92)86(141)113-27-13-18-59(113)76(131)99-46(4)84(139)111-25-11-17-58(111)75(130)96-39-64(122)103-56(41-116)74(129)109-68(49(7)118)80(135)100-47(5)85(140)115-29-15-21-62(115)87(142)114-28-14-19-60(114)77(132)101-48(6)88(143)144/h38,43-51,53-62,67-70,116-120H,10-37,39-42,90H2,1-9H3,(H,93,97)(H,95,126)(H,96,130)(H,98,128)(H,99,131)(H,100,135)(H,101,132)(H,102,121)(H,103,122)(H,104,136)(H,105,133)(H,106,137)(H,107,123)(H,108,127)(H,109,129)(H,110,134)(H,124,125)(H,143,144)(H4,91,92,94)/t45-,46-,47-,48-,49+,50+,51+,53-,54-,55-,56-,57-,58-,59-,60-,61-,62-,67-,68-,69-,70-/m0/s1. The van der Waals surface area contributed by atoms with Crippen molar-refractivity contribution < 1.29 is 155 Å². The second kappa shape index (κ2) is 60.5. The summed E-state index contributed by atoms with van der Waals surface area (Å²) in [5.74, 6) is -23.4. The van der Waals surface area contributed by atoms with Crippen LogP contribution >= 0.6 is 0 Å². The molecule has 5 aliphatic heterocycles. The molecular formula is C89H144N26O32. The number of carboxylic acids is 2. The minimum atomic E-state index is -2.06. The van der Waals surface area contributed by atoms with E-state index in [9.17, 15) is 141 Å². The van der Waals surface area contributed by atoms with Gasteiger partial charge in [-0.15, -0.1) is 0 Å². The van der Waals surface area contributed by atoms with Gasteiger partial charge in [0, 0.05) is 64.9 Å². The van der Waals surface area contributed by atoms with Crippen molar-refractivity contribution in [1.29, 1.82) is 5.41 Å². The highest BCUT2D eigenvalue weighted by atomic mass is 16.5. The monoisotopic (exact) mass is 2090 g/mol. The molecule has 6 heterocycles. The van der Waals surface area contributed by atoms with E-state index >= 15 is 0 Å². The Morgan fingerprint density at radius 1 is 0.415 bits per heavy atom. The summed E-state index contributed by atoms with van der Waals surface area (Å²) in [6.45, 7) is 9.17. The number of nitrogens with two attached hydrogens (primary N) is 2. The second-order valence-electron chi connectivity index (χ2n) is 36.6. The number of ether oxygens (including phenoxy) is 3. The first kappa shape index (κ1) is 122. The number of carbonyl (C=O) groups excluding carboxylic acids is 20. The molecule has 20 amide bonds. The Kier molecular flexibility index (Phi) is 50.3. The SMILES string of the molecule is CC(C)[C@H](NC(=O)CNC(=O)[C@H](Cc1c[nH]cn1)NC(=O)CCOCCOCCOCCN)C(=O)N[C@H](C(=O)N[C@@H](CO)C(=O)N[C@@H](C)C(=O)N1CCC[C@H]1C(=O)N[C@@H](CC(=O)O)C(=O)N[C@H](C(=O)N[C@@H](CCCNC(=N)N)C(=O)N1CCC[C@H]1C(=O)N[C@@H](C)C(=O)N1CCC[C@H]1C(=O)NCC(=O)N[C@@H](CO)C(=O)N[C@H](C(=O)N[C@@H](C)C(=O)N1CCC[C@H]1C(=O)N1CCC[C@H]1C(=O)N[C@@H](C)C(=O)O)[C@@H](C)O)[C@@H](C)O)[C@@H](C)O. The van der Waals surface area contributed by atoms with E-state index in [0.29, 0.717) is 44.9 Å². The fourth-order valence-corrected chi connectivity index (χ4v) is 16.9. The van der Waals surface area contributed by atoms with Gasteiger partial charge in [-0.1, -0.05) is 13.8 Å². The van der Waals surface area contributed by atoms with E-state index in [2.05, 4.69) is 95.0 Å². The van der Waals surface area contributed by atoms with E-state index in [1.165, 1.54) is 63.9 Å². The number of guanidine groups is 1. The fraction of sp³-hybridized carbons (Fsp3) is 0.708. The van der Waals surface area contributed by atoms with Crippen LogP contribution in [0.5, 0.6) is 0 Å². The molecule has 822 valence electrons. The lowest BCUT2D eigenvalue weighted by Gasteiger charge is -2.33. The number of likely N-dealkylation sites (tertiary alicyclic amines) is 5. The number of nitrogens with zero attached hydrogens (tertiary/aromatic N) is 6. The van der Waals surface area contributed by atoms with E-state index in [0.717, 1.165) is 35.5 Å². The lowest BCUT2D eigenvalue weighted by molar-refractivity contribution is -0.148. The number of aliphatic hydroxyl groups is 5. The summed E-state index contributed by atoms with van der Waals surface area (Å²) in [4.78, 5) is 313. The average molecular weight is 2090 g/mol. The van der Waals surface area contributed by atoms with Gasteiger partial charge in [-0.2, -0.15) is 0 Å². The Morgan fingerprint density at radius 3 is 1.29 bits per heavy atom. The molecule has 0 aromatic carbocycles. The summed E-state index contributed by atoms with van der Waals surface area (Å²) in [7, 11) is 0. The third-order valence-corrected chi connectivity index (χ3v) is 24.8. The van der Waals surface area contributed by atoms with Gasteiger partial charge in [0.15, 0.2) is 5.96 Å². The van der Waals surface area contributed by atoms with Crippen LogP contribution in [0.25, 0.3) is 0 Å². The summed E-state index contributed by atoms with van der Waals surface area (Å²) >= 11 is 0. The highest BCUT2D eigenvalue weighted by Gasteiger charge is 2.48. The Morgan fingerprint density at radius 2 is 0.810 bits per heavy atom. The van der Waals surface area contributed by atoms with Gasteiger partial charge >= 0.3 is 11.9 Å². The van der Waals surface area contributed by atoms with E-state index in [4.69, 9.17) is 31.1 Å². The Hall–Kier alpha value is -13.5. The van der Waals surface area contributed by atoms with Crippen molar-refractivity contribution in [3.8, 4) is 0 Å². The molecule has 1 aromatic rings. The van der Waals surface area contributed by atoms with Gasteiger partial charge in [0.05, 0.1) is 103 Å². The summed E-state index contributed by atoms with van der Waals surface area (Å²) in [5.41, 5.74) is 11.3. The number of hydrogen-bond acceptors (Lipinski definition) is 33. The van der Waals surface area contributed by atoms with Crippen LogP contribution in [0.2, 0.25) is 0 Å². The Balaban J connectivity index is 0.996. The van der Waals surface area contributed by atoms with Crippen LogP contribution in [0.3, 0.4) is 0 Å². The second-order valence-corrected chi connectivity index (χ2v) is 36.6. The predicted molar refractivity (Wildman–Crippen MR) is 509 cm³/mol. The molecule has 147 heavy (non-hydrogen) atoms.